The van der Waals surface area contributed by atoms with Crippen molar-refractivity contribution in [3.63, 3.8) is 0 Å². The van der Waals surface area contributed by atoms with Gasteiger partial charge in [-0.2, -0.15) is 0 Å². The Hall–Kier alpha value is -0.0400. The van der Waals surface area contributed by atoms with Crippen LogP contribution in [0.3, 0.4) is 0 Å². The van der Waals surface area contributed by atoms with Crippen molar-refractivity contribution in [2.75, 3.05) is 7.11 Å². The van der Waals surface area contributed by atoms with Gasteiger partial charge >= 0.3 is 0 Å². The Morgan fingerprint density at radius 1 is 0.840 bits per heavy atom. The Bertz CT molecular complexity index is 510. The molecule has 8 atom stereocenters. The average molecular weight is 347 g/mol. The topological polar surface area (TPSA) is 9.23 Å². The van der Waals surface area contributed by atoms with Crippen molar-refractivity contribution in [1.29, 1.82) is 0 Å². The molecule has 8 unspecified atom stereocenters. The molecule has 1 nitrogen and oxygen atoms in total. The lowest BCUT2D eigenvalue weighted by molar-refractivity contribution is -0.140. The molecule has 4 rings (SSSR count). The number of hydrogen-bond acceptors (Lipinski definition) is 1. The van der Waals surface area contributed by atoms with Gasteiger partial charge in [0, 0.05) is 7.11 Å². The molecule has 4 aliphatic rings. The van der Waals surface area contributed by atoms with E-state index in [9.17, 15) is 0 Å². The smallest absolute Gasteiger partial charge is 0.0656 e. The zero-order chi connectivity index (χ0) is 18.0. The maximum absolute atomic E-state index is 5.99. The maximum atomic E-state index is 5.99. The minimum atomic E-state index is 0.0394. The highest BCUT2D eigenvalue weighted by molar-refractivity contribution is 5.11. The second kappa shape index (κ2) is 5.98. The maximum Gasteiger partial charge on any atom is 0.0656 e. The highest BCUT2D eigenvalue weighted by Gasteiger charge is 2.61. The summed E-state index contributed by atoms with van der Waals surface area (Å²) in [6.45, 7) is 12.5. The molecule has 1 heteroatoms. The van der Waals surface area contributed by atoms with Gasteiger partial charge < -0.3 is 4.74 Å². The third-order valence-corrected chi connectivity index (χ3v) is 10.3. The lowest BCUT2D eigenvalue weighted by Crippen LogP contribution is -2.55. The van der Waals surface area contributed by atoms with Gasteiger partial charge in [-0.3, -0.25) is 0 Å². The van der Waals surface area contributed by atoms with E-state index in [0.29, 0.717) is 10.8 Å². The van der Waals surface area contributed by atoms with Crippen LogP contribution in [0.1, 0.15) is 92.4 Å². The van der Waals surface area contributed by atoms with Gasteiger partial charge in [-0.25, -0.2) is 0 Å². The van der Waals surface area contributed by atoms with Crippen molar-refractivity contribution in [2.45, 2.75) is 98.0 Å². The SMILES string of the molecule is COC(C)(C)C1CCC2C3CCC4CC(C)CCC4(C)C3CCC21C. The number of ether oxygens (including phenoxy) is 1. The third kappa shape index (κ3) is 2.58. The summed E-state index contributed by atoms with van der Waals surface area (Å²) in [5, 5.41) is 0. The van der Waals surface area contributed by atoms with Gasteiger partial charge in [-0.05, 0) is 112 Å². The van der Waals surface area contributed by atoms with E-state index in [1.165, 1.54) is 57.8 Å². The van der Waals surface area contributed by atoms with Gasteiger partial charge in [0.1, 0.15) is 0 Å². The van der Waals surface area contributed by atoms with E-state index in [1.54, 1.807) is 0 Å². The molecule has 0 amide bonds. The first-order chi connectivity index (χ1) is 11.7. The molecule has 4 fully saturated rings. The molecule has 0 radical (unpaired) electrons. The number of hydrogen-bond donors (Lipinski definition) is 0. The molecular weight excluding hydrogens is 304 g/mol. The summed E-state index contributed by atoms with van der Waals surface area (Å²) in [7, 11) is 1.93. The van der Waals surface area contributed by atoms with Crippen LogP contribution >= 0.6 is 0 Å². The van der Waals surface area contributed by atoms with Crippen LogP contribution < -0.4 is 0 Å². The molecule has 4 aliphatic carbocycles. The molecule has 0 N–H and O–H groups in total. The molecule has 0 aromatic rings. The second-order valence-corrected chi connectivity index (χ2v) is 11.5. The molecule has 0 bridgehead atoms. The summed E-state index contributed by atoms with van der Waals surface area (Å²) < 4.78 is 5.99. The number of methoxy groups -OCH3 is 1. The molecule has 0 heterocycles. The minimum Gasteiger partial charge on any atom is -0.379 e. The van der Waals surface area contributed by atoms with Crippen LogP contribution in [-0.2, 0) is 4.74 Å². The first kappa shape index (κ1) is 18.3. The van der Waals surface area contributed by atoms with Crippen molar-refractivity contribution in [2.24, 2.45) is 46.3 Å². The second-order valence-electron chi connectivity index (χ2n) is 11.5. The zero-order valence-corrected chi connectivity index (χ0v) is 17.7. The normalized spacial score (nSPS) is 53.0. The molecule has 0 aromatic heterocycles. The van der Waals surface area contributed by atoms with E-state index < -0.39 is 0 Å². The summed E-state index contributed by atoms with van der Waals surface area (Å²) in [6.07, 6.45) is 13.4. The Morgan fingerprint density at radius 3 is 2.24 bits per heavy atom. The lowest BCUT2D eigenvalue weighted by atomic mass is 9.44. The molecule has 144 valence electrons. The van der Waals surface area contributed by atoms with Crippen LogP contribution in [0.2, 0.25) is 0 Å². The molecule has 0 aromatic carbocycles. The molecule has 0 saturated heterocycles. The monoisotopic (exact) mass is 346 g/mol. The van der Waals surface area contributed by atoms with Gasteiger partial charge in [-0.15, -0.1) is 0 Å². The van der Waals surface area contributed by atoms with Crippen LogP contribution in [0.25, 0.3) is 0 Å². The van der Waals surface area contributed by atoms with Gasteiger partial charge in [0.15, 0.2) is 0 Å². The van der Waals surface area contributed by atoms with E-state index in [2.05, 4.69) is 34.6 Å². The van der Waals surface area contributed by atoms with Crippen molar-refractivity contribution >= 4 is 0 Å². The minimum absolute atomic E-state index is 0.0394. The summed E-state index contributed by atoms with van der Waals surface area (Å²) in [4.78, 5) is 0. The van der Waals surface area contributed by atoms with E-state index >= 15 is 0 Å². The van der Waals surface area contributed by atoms with Crippen molar-refractivity contribution < 1.29 is 4.74 Å². The summed E-state index contributed by atoms with van der Waals surface area (Å²) in [5.74, 6) is 5.72. The van der Waals surface area contributed by atoms with Crippen molar-refractivity contribution in [3.8, 4) is 0 Å². The predicted octanol–water partition coefficient (Wildman–Crippen LogP) is 6.71. The fraction of sp³-hybridized carbons (Fsp3) is 1.00. The average Bonchev–Trinajstić information content (AvgIpc) is 2.93. The van der Waals surface area contributed by atoms with Crippen LogP contribution in [0.4, 0.5) is 0 Å². The van der Waals surface area contributed by atoms with Crippen LogP contribution in [0.15, 0.2) is 0 Å². The highest BCUT2D eigenvalue weighted by Crippen LogP contribution is 2.68. The summed E-state index contributed by atoms with van der Waals surface area (Å²) in [6, 6.07) is 0. The summed E-state index contributed by atoms with van der Waals surface area (Å²) >= 11 is 0. The highest BCUT2D eigenvalue weighted by atomic mass is 16.5. The third-order valence-electron chi connectivity index (χ3n) is 10.3. The van der Waals surface area contributed by atoms with Gasteiger partial charge in [0.2, 0.25) is 0 Å². The number of fused-ring (bicyclic) bond motifs is 5. The van der Waals surface area contributed by atoms with E-state index in [1.807, 2.05) is 7.11 Å². The van der Waals surface area contributed by atoms with Crippen molar-refractivity contribution in [3.05, 3.63) is 0 Å². The fourth-order valence-corrected chi connectivity index (χ4v) is 8.76. The summed E-state index contributed by atoms with van der Waals surface area (Å²) in [5.41, 5.74) is 1.22. The molecule has 0 spiro atoms. The standard InChI is InChI=1S/C24H42O/c1-16-11-13-23(4)17(15-16)7-8-18-19-9-10-21(22(2,3)25-6)24(19,5)14-12-20(18)23/h16-21H,7-15H2,1-6H3. The Balaban J connectivity index is 1.60. The van der Waals surface area contributed by atoms with E-state index in [0.717, 1.165) is 35.5 Å². The van der Waals surface area contributed by atoms with Gasteiger partial charge in [-0.1, -0.05) is 27.2 Å². The molecular formula is C24H42O. The van der Waals surface area contributed by atoms with E-state index in [4.69, 9.17) is 4.74 Å². The van der Waals surface area contributed by atoms with Crippen LogP contribution in [0.5, 0.6) is 0 Å². The first-order valence-corrected chi connectivity index (χ1v) is 11.3. The largest absolute Gasteiger partial charge is 0.379 e. The molecule has 4 saturated carbocycles. The van der Waals surface area contributed by atoms with Gasteiger partial charge in [0.25, 0.3) is 0 Å². The zero-order valence-electron chi connectivity index (χ0n) is 17.7. The predicted molar refractivity (Wildman–Crippen MR) is 105 cm³/mol. The Kier molecular flexibility index (Phi) is 4.38. The van der Waals surface area contributed by atoms with Crippen molar-refractivity contribution in [1.82, 2.24) is 0 Å². The van der Waals surface area contributed by atoms with Crippen LogP contribution in [-0.4, -0.2) is 12.7 Å². The number of rotatable bonds is 2. The van der Waals surface area contributed by atoms with Gasteiger partial charge in [0.05, 0.1) is 5.60 Å². The Labute approximate surface area is 156 Å². The lowest BCUT2D eigenvalue weighted by Gasteiger charge is -2.61. The Morgan fingerprint density at radius 2 is 1.52 bits per heavy atom. The molecule has 25 heavy (non-hydrogen) atoms. The fourth-order valence-electron chi connectivity index (χ4n) is 8.76. The van der Waals surface area contributed by atoms with Crippen LogP contribution in [0, 0.1) is 46.3 Å². The van der Waals surface area contributed by atoms with E-state index in [-0.39, 0.29) is 5.60 Å². The first-order valence-electron chi connectivity index (χ1n) is 11.3. The molecule has 0 aliphatic heterocycles. The quantitative estimate of drug-likeness (QED) is 0.540.